The highest BCUT2D eigenvalue weighted by Gasteiger charge is 2.12. The lowest BCUT2D eigenvalue weighted by Crippen LogP contribution is -2.18. The number of hydrogen-bond donors (Lipinski definition) is 1. The molecule has 0 radical (unpaired) electrons. The molecule has 1 atom stereocenters. The summed E-state index contributed by atoms with van der Waals surface area (Å²) in [4.78, 5) is 12.1. The van der Waals surface area contributed by atoms with Crippen LogP contribution in [-0.4, -0.2) is 19.2 Å². The van der Waals surface area contributed by atoms with E-state index in [0.717, 1.165) is 19.3 Å². The third-order valence-corrected chi connectivity index (χ3v) is 3.62. The number of rotatable bonds is 8. The fraction of sp³-hybridized carbons (Fsp3) is 0.444. The van der Waals surface area contributed by atoms with E-state index in [2.05, 4.69) is 37.4 Å². The Bertz CT molecular complexity index is 578. The number of nitrogens with zero attached hydrogens (tertiary/aromatic N) is 1. The van der Waals surface area contributed by atoms with Crippen molar-refractivity contribution in [1.82, 2.24) is 5.43 Å². The highest BCUT2D eigenvalue weighted by atomic mass is 35.5. The second-order valence-electron chi connectivity index (χ2n) is 5.80. The molecule has 0 aromatic heterocycles. The van der Waals surface area contributed by atoms with Gasteiger partial charge in [0.15, 0.2) is 0 Å². The van der Waals surface area contributed by atoms with Crippen molar-refractivity contribution in [1.29, 1.82) is 0 Å². The molecule has 126 valence electrons. The first kappa shape index (κ1) is 19.2. The molecule has 4 nitrogen and oxygen atoms in total. The maximum absolute atomic E-state index is 12.1. The molecule has 1 aromatic rings. The molecule has 0 saturated carbocycles. The Hall–Kier alpha value is -1.81. The van der Waals surface area contributed by atoms with Crippen LogP contribution in [0.2, 0.25) is 5.02 Å². The van der Waals surface area contributed by atoms with Crippen molar-refractivity contribution in [2.24, 2.45) is 11.0 Å². The Morgan fingerprint density at radius 3 is 2.83 bits per heavy atom. The number of hydrazone groups is 1. The maximum atomic E-state index is 12.1. The van der Waals surface area contributed by atoms with Crippen molar-refractivity contribution >= 4 is 23.7 Å². The lowest BCUT2D eigenvalue weighted by molar-refractivity contribution is 0.0952. The van der Waals surface area contributed by atoms with Gasteiger partial charge >= 0.3 is 0 Å². The molecule has 0 aliphatic rings. The van der Waals surface area contributed by atoms with Crippen LogP contribution in [0.15, 0.2) is 34.9 Å². The van der Waals surface area contributed by atoms with Crippen LogP contribution in [0.4, 0.5) is 0 Å². The Balaban J connectivity index is 2.47. The Labute approximate surface area is 143 Å². The summed E-state index contributed by atoms with van der Waals surface area (Å²) >= 11 is 5.91. The average molecular weight is 337 g/mol. The fourth-order valence-corrected chi connectivity index (χ4v) is 2.20. The van der Waals surface area contributed by atoms with Crippen LogP contribution in [0.25, 0.3) is 0 Å². The summed E-state index contributed by atoms with van der Waals surface area (Å²) in [6, 6.07) is 4.90. The molecule has 1 rings (SSSR count). The van der Waals surface area contributed by atoms with Gasteiger partial charge in [-0.25, -0.2) is 5.43 Å². The van der Waals surface area contributed by atoms with Gasteiger partial charge in [0.1, 0.15) is 5.75 Å². The molecule has 1 aromatic carbocycles. The Morgan fingerprint density at radius 2 is 2.17 bits per heavy atom. The first-order valence-electron chi connectivity index (χ1n) is 7.72. The summed E-state index contributed by atoms with van der Waals surface area (Å²) in [6.45, 7) is 6.38. The van der Waals surface area contributed by atoms with E-state index in [-0.39, 0.29) is 5.91 Å². The SMILES string of the molecule is COc1ccc(Cl)cc1C(=O)N/N=C/CC(C)CCC=C(C)C. The summed E-state index contributed by atoms with van der Waals surface area (Å²) < 4.78 is 5.15. The summed E-state index contributed by atoms with van der Waals surface area (Å²) in [5.74, 6) is 0.655. The molecule has 0 saturated heterocycles. The van der Waals surface area contributed by atoms with Gasteiger partial charge < -0.3 is 4.74 Å². The topological polar surface area (TPSA) is 50.7 Å². The molecular weight excluding hydrogens is 312 g/mol. The van der Waals surface area contributed by atoms with Crippen LogP contribution in [0.1, 0.15) is 50.4 Å². The number of ether oxygens (including phenoxy) is 1. The van der Waals surface area contributed by atoms with Crippen molar-refractivity contribution in [2.75, 3.05) is 7.11 Å². The van der Waals surface area contributed by atoms with Crippen molar-refractivity contribution in [3.8, 4) is 5.75 Å². The van der Waals surface area contributed by atoms with Crippen LogP contribution in [0.3, 0.4) is 0 Å². The number of amides is 1. The first-order chi connectivity index (χ1) is 10.9. The predicted molar refractivity (Wildman–Crippen MR) is 96.4 cm³/mol. The summed E-state index contributed by atoms with van der Waals surface area (Å²) in [5.41, 5.74) is 4.22. The van der Waals surface area contributed by atoms with Gasteiger partial charge in [0, 0.05) is 11.2 Å². The van der Waals surface area contributed by atoms with Gasteiger partial charge in [-0.05, 0) is 57.2 Å². The third-order valence-electron chi connectivity index (χ3n) is 3.38. The first-order valence-corrected chi connectivity index (χ1v) is 8.10. The van der Waals surface area contributed by atoms with E-state index in [9.17, 15) is 4.79 Å². The predicted octanol–water partition coefficient (Wildman–Crippen LogP) is 4.84. The Morgan fingerprint density at radius 1 is 1.43 bits per heavy atom. The monoisotopic (exact) mass is 336 g/mol. The van der Waals surface area contributed by atoms with E-state index < -0.39 is 0 Å². The molecule has 0 aliphatic heterocycles. The number of hydrogen-bond acceptors (Lipinski definition) is 3. The molecule has 0 spiro atoms. The lowest BCUT2D eigenvalue weighted by atomic mass is 10.0. The highest BCUT2D eigenvalue weighted by molar-refractivity contribution is 6.31. The van der Waals surface area contributed by atoms with Crippen molar-refractivity contribution in [3.05, 3.63) is 40.4 Å². The highest BCUT2D eigenvalue weighted by Crippen LogP contribution is 2.22. The van der Waals surface area contributed by atoms with Crippen molar-refractivity contribution < 1.29 is 9.53 Å². The molecule has 1 unspecified atom stereocenters. The zero-order valence-electron chi connectivity index (χ0n) is 14.2. The minimum atomic E-state index is -0.335. The molecule has 1 amide bonds. The van der Waals surface area contributed by atoms with Gasteiger partial charge in [0.25, 0.3) is 5.91 Å². The van der Waals surface area contributed by atoms with E-state index in [1.165, 1.54) is 12.7 Å². The zero-order chi connectivity index (χ0) is 17.2. The minimum absolute atomic E-state index is 0.335. The molecular formula is C18H25ClN2O2. The van der Waals surface area contributed by atoms with E-state index in [4.69, 9.17) is 16.3 Å². The van der Waals surface area contributed by atoms with E-state index in [0.29, 0.717) is 22.3 Å². The lowest BCUT2D eigenvalue weighted by Gasteiger charge is -2.08. The van der Waals surface area contributed by atoms with Crippen molar-refractivity contribution in [2.45, 2.75) is 40.0 Å². The summed E-state index contributed by atoms with van der Waals surface area (Å²) in [7, 11) is 1.51. The fourth-order valence-electron chi connectivity index (χ4n) is 2.03. The smallest absolute Gasteiger partial charge is 0.275 e. The van der Waals surface area contributed by atoms with Crippen LogP contribution in [0, 0.1) is 5.92 Å². The van der Waals surface area contributed by atoms with Crippen molar-refractivity contribution in [3.63, 3.8) is 0 Å². The van der Waals surface area contributed by atoms with Gasteiger partial charge in [-0.1, -0.05) is 30.2 Å². The standard InChI is InChI=1S/C18H25ClN2O2/c1-13(2)6-5-7-14(3)10-11-20-21-18(22)16-12-15(19)8-9-17(16)23-4/h6,8-9,11-12,14H,5,7,10H2,1-4H3,(H,21,22)/b20-11+. The number of nitrogens with one attached hydrogen (secondary N) is 1. The van der Waals surface area contributed by atoms with Crippen LogP contribution in [0.5, 0.6) is 5.75 Å². The summed E-state index contributed by atoms with van der Waals surface area (Å²) in [5, 5.41) is 4.48. The van der Waals surface area contributed by atoms with Gasteiger partial charge in [-0.3, -0.25) is 4.79 Å². The molecule has 0 heterocycles. The molecule has 1 N–H and O–H groups in total. The normalized spacial score (nSPS) is 12.0. The second-order valence-corrected chi connectivity index (χ2v) is 6.23. The molecule has 23 heavy (non-hydrogen) atoms. The number of carbonyl (C=O) groups is 1. The number of allylic oxidation sites excluding steroid dienone is 2. The van der Waals surface area contributed by atoms with Gasteiger partial charge in [0.05, 0.1) is 12.7 Å². The quantitative estimate of drug-likeness (QED) is 0.419. The molecule has 5 heteroatoms. The largest absolute Gasteiger partial charge is 0.496 e. The van der Waals surface area contributed by atoms with E-state index in [1.807, 2.05) is 0 Å². The second kappa shape index (κ2) is 10.1. The van der Waals surface area contributed by atoms with Crippen LogP contribution in [-0.2, 0) is 0 Å². The number of carbonyl (C=O) groups excluding carboxylic acids is 1. The molecule has 0 bridgehead atoms. The van der Waals surface area contributed by atoms with Gasteiger partial charge in [0.2, 0.25) is 0 Å². The number of methoxy groups -OCH3 is 1. The minimum Gasteiger partial charge on any atom is -0.496 e. The molecule has 0 fully saturated rings. The average Bonchev–Trinajstić information content (AvgIpc) is 2.51. The van der Waals surface area contributed by atoms with E-state index in [1.54, 1.807) is 24.4 Å². The maximum Gasteiger partial charge on any atom is 0.275 e. The van der Waals surface area contributed by atoms with E-state index >= 15 is 0 Å². The summed E-state index contributed by atoms with van der Waals surface area (Å²) in [6.07, 6.45) is 6.98. The van der Waals surface area contributed by atoms with Gasteiger partial charge in [-0.2, -0.15) is 5.10 Å². The van der Waals surface area contributed by atoms with Crippen LogP contribution < -0.4 is 10.2 Å². The number of halogens is 1. The van der Waals surface area contributed by atoms with Gasteiger partial charge in [-0.15, -0.1) is 0 Å². The zero-order valence-corrected chi connectivity index (χ0v) is 15.0. The van der Waals surface area contributed by atoms with Crippen LogP contribution >= 0.6 is 11.6 Å². The Kier molecular flexibility index (Phi) is 8.41. The number of benzene rings is 1. The molecule has 0 aliphatic carbocycles. The third kappa shape index (κ3) is 7.33.